The van der Waals surface area contributed by atoms with E-state index in [0.29, 0.717) is 0 Å². The third kappa shape index (κ3) is 3.82. The predicted octanol–water partition coefficient (Wildman–Crippen LogP) is 3.43. The Morgan fingerprint density at radius 3 is 2.79 bits per heavy atom. The summed E-state index contributed by atoms with van der Waals surface area (Å²) in [7, 11) is 0. The van der Waals surface area contributed by atoms with Crippen LogP contribution in [0.3, 0.4) is 0 Å². The van der Waals surface area contributed by atoms with Gasteiger partial charge in [0.2, 0.25) is 5.88 Å². The molecule has 0 saturated heterocycles. The monoisotopic (exact) mass is 263 g/mol. The highest BCUT2D eigenvalue weighted by Crippen LogP contribution is 2.30. The molecule has 1 N–H and O–H groups in total. The summed E-state index contributed by atoms with van der Waals surface area (Å²) in [5.41, 5.74) is 1.13. The number of hydrogen-bond acceptors (Lipinski definition) is 4. The zero-order valence-corrected chi connectivity index (χ0v) is 12.1. The molecule has 0 aromatic carbocycles. The number of anilines is 1. The number of rotatable bonds is 8. The Labute approximate surface area is 116 Å². The summed E-state index contributed by atoms with van der Waals surface area (Å²) in [5.74, 6) is 2.58. The fourth-order valence-electron chi connectivity index (χ4n) is 2.42. The lowest BCUT2D eigenvalue weighted by Gasteiger charge is -2.25. The third-order valence-electron chi connectivity index (χ3n) is 3.74. The van der Waals surface area contributed by atoms with Gasteiger partial charge in [-0.1, -0.05) is 32.6 Å². The first-order chi connectivity index (χ1) is 9.35. The molecule has 1 aromatic rings. The van der Waals surface area contributed by atoms with E-state index in [0.717, 1.165) is 55.6 Å². The molecular weight excluding hydrogens is 238 g/mol. The minimum Gasteiger partial charge on any atom is -0.477 e. The van der Waals surface area contributed by atoms with Crippen molar-refractivity contribution in [2.24, 2.45) is 5.92 Å². The molecule has 4 heteroatoms. The lowest BCUT2D eigenvalue weighted by Crippen LogP contribution is -2.15. The molecule has 2 rings (SSSR count). The second-order valence-electron chi connectivity index (χ2n) is 5.22. The highest BCUT2D eigenvalue weighted by molar-refractivity contribution is 5.48. The largest absolute Gasteiger partial charge is 0.477 e. The van der Waals surface area contributed by atoms with Crippen LogP contribution < -0.4 is 10.1 Å². The highest BCUT2D eigenvalue weighted by Gasteiger charge is 2.18. The third-order valence-corrected chi connectivity index (χ3v) is 3.74. The molecular formula is C15H25N3O. The molecule has 0 radical (unpaired) electrons. The zero-order valence-electron chi connectivity index (χ0n) is 12.1. The van der Waals surface area contributed by atoms with Crippen LogP contribution in [0.4, 0.5) is 5.82 Å². The molecule has 19 heavy (non-hydrogen) atoms. The zero-order chi connectivity index (χ0) is 13.5. The van der Waals surface area contributed by atoms with Crippen LogP contribution in [0.25, 0.3) is 0 Å². The topological polar surface area (TPSA) is 47.0 Å². The van der Waals surface area contributed by atoms with Crippen LogP contribution in [0.5, 0.6) is 5.88 Å². The van der Waals surface area contributed by atoms with E-state index in [2.05, 4.69) is 29.1 Å². The van der Waals surface area contributed by atoms with Crippen molar-refractivity contribution in [2.75, 3.05) is 18.5 Å². The standard InChI is InChI=1S/C15H25N3O/c1-3-6-13-14(16-4-2)17-11-18-15(13)19-10-9-12-7-5-8-12/h11-12H,3-10H2,1-2H3,(H,16,17,18). The Kier molecular flexibility index (Phi) is 5.43. The smallest absolute Gasteiger partial charge is 0.221 e. The molecule has 4 nitrogen and oxygen atoms in total. The molecule has 0 bridgehead atoms. The first kappa shape index (κ1) is 14.1. The van der Waals surface area contributed by atoms with Gasteiger partial charge in [0.25, 0.3) is 0 Å². The molecule has 0 spiro atoms. The molecule has 0 amide bonds. The van der Waals surface area contributed by atoms with Crippen molar-refractivity contribution < 1.29 is 4.74 Å². The molecule has 1 saturated carbocycles. The Bertz CT molecular complexity index is 391. The van der Waals surface area contributed by atoms with E-state index in [1.165, 1.54) is 19.3 Å². The highest BCUT2D eigenvalue weighted by atomic mass is 16.5. The van der Waals surface area contributed by atoms with Gasteiger partial charge in [0.05, 0.1) is 12.2 Å². The minimum absolute atomic E-state index is 0.770. The Balaban J connectivity index is 1.97. The van der Waals surface area contributed by atoms with Crippen LogP contribution in [0, 0.1) is 5.92 Å². The fourth-order valence-corrected chi connectivity index (χ4v) is 2.42. The quantitative estimate of drug-likeness (QED) is 0.780. The molecule has 0 atom stereocenters. The number of nitrogens with one attached hydrogen (secondary N) is 1. The summed E-state index contributed by atoms with van der Waals surface area (Å²) in [5, 5.41) is 3.29. The van der Waals surface area contributed by atoms with Crippen molar-refractivity contribution in [1.29, 1.82) is 0 Å². The SMILES string of the molecule is CCCc1c(NCC)ncnc1OCCC1CCC1. The fraction of sp³-hybridized carbons (Fsp3) is 0.733. The predicted molar refractivity (Wildman–Crippen MR) is 77.6 cm³/mol. The van der Waals surface area contributed by atoms with Gasteiger partial charge in [-0.15, -0.1) is 0 Å². The van der Waals surface area contributed by atoms with Gasteiger partial charge in [-0.05, 0) is 25.7 Å². The molecule has 1 aromatic heterocycles. The van der Waals surface area contributed by atoms with Gasteiger partial charge in [-0.2, -0.15) is 0 Å². The average molecular weight is 263 g/mol. The minimum atomic E-state index is 0.770. The van der Waals surface area contributed by atoms with Crippen LogP contribution in [0.1, 0.15) is 51.5 Å². The molecule has 1 fully saturated rings. The number of ether oxygens (including phenoxy) is 1. The summed E-state index contributed by atoms with van der Waals surface area (Å²) < 4.78 is 5.89. The molecule has 0 unspecified atom stereocenters. The first-order valence-electron chi connectivity index (χ1n) is 7.55. The summed E-state index contributed by atoms with van der Waals surface area (Å²) in [6, 6.07) is 0. The molecule has 1 aliphatic rings. The van der Waals surface area contributed by atoms with E-state index >= 15 is 0 Å². The Hall–Kier alpha value is -1.32. The summed E-state index contributed by atoms with van der Waals surface area (Å²) in [6.45, 7) is 5.90. The van der Waals surface area contributed by atoms with E-state index in [-0.39, 0.29) is 0 Å². The average Bonchev–Trinajstić information content (AvgIpc) is 2.36. The molecule has 1 heterocycles. The van der Waals surface area contributed by atoms with Gasteiger partial charge in [0.15, 0.2) is 0 Å². The molecule has 1 aliphatic carbocycles. The Morgan fingerprint density at radius 2 is 2.16 bits per heavy atom. The van der Waals surface area contributed by atoms with Crippen molar-refractivity contribution in [3.63, 3.8) is 0 Å². The van der Waals surface area contributed by atoms with Crippen molar-refractivity contribution in [3.05, 3.63) is 11.9 Å². The second kappa shape index (κ2) is 7.31. The molecule has 0 aliphatic heterocycles. The van der Waals surface area contributed by atoms with E-state index in [1.54, 1.807) is 6.33 Å². The van der Waals surface area contributed by atoms with E-state index in [4.69, 9.17) is 4.74 Å². The maximum atomic E-state index is 5.89. The first-order valence-corrected chi connectivity index (χ1v) is 7.55. The normalized spacial score (nSPS) is 15.1. The number of aromatic nitrogens is 2. The summed E-state index contributed by atoms with van der Waals surface area (Å²) in [6.07, 6.45) is 8.92. The maximum absolute atomic E-state index is 5.89. The van der Waals surface area contributed by atoms with Crippen molar-refractivity contribution in [1.82, 2.24) is 9.97 Å². The van der Waals surface area contributed by atoms with Gasteiger partial charge in [0.1, 0.15) is 12.1 Å². The van der Waals surface area contributed by atoms with Crippen LogP contribution in [-0.4, -0.2) is 23.1 Å². The van der Waals surface area contributed by atoms with Crippen molar-refractivity contribution in [2.45, 2.75) is 52.4 Å². The number of nitrogens with zero attached hydrogens (tertiary/aromatic N) is 2. The lowest BCUT2D eigenvalue weighted by molar-refractivity contribution is 0.216. The van der Waals surface area contributed by atoms with Crippen molar-refractivity contribution in [3.8, 4) is 5.88 Å². The summed E-state index contributed by atoms with van der Waals surface area (Å²) >= 11 is 0. The summed E-state index contributed by atoms with van der Waals surface area (Å²) in [4.78, 5) is 8.62. The van der Waals surface area contributed by atoms with Gasteiger partial charge in [-0.3, -0.25) is 0 Å². The Morgan fingerprint density at radius 1 is 1.32 bits per heavy atom. The van der Waals surface area contributed by atoms with E-state index < -0.39 is 0 Å². The van der Waals surface area contributed by atoms with Gasteiger partial charge < -0.3 is 10.1 Å². The second-order valence-corrected chi connectivity index (χ2v) is 5.22. The van der Waals surface area contributed by atoms with Gasteiger partial charge >= 0.3 is 0 Å². The maximum Gasteiger partial charge on any atom is 0.221 e. The van der Waals surface area contributed by atoms with Gasteiger partial charge in [-0.25, -0.2) is 9.97 Å². The van der Waals surface area contributed by atoms with Crippen LogP contribution in [0.2, 0.25) is 0 Å². The number of hydrogen-bond donors (Lipinski definition) is 1. The van der Waals surface area contributed by atoms with Crippen molar-refractivity contribution >= 4 is 5.82 Å². The van der Waals surface area contributed by atoms with E-state index in [1.807, 2.05) is 0 Å². The lowest BCUT2D eigenvalue weighted by atomic mass is 9.83. The van der Waals surface area contributed by atoms with Gasteiger partial charge in [0, 0.05) is 6.54 Å². The van der Waals surface area contributed by atoms with Crippen LogP contribution >= 0.6 is 0 Å². The van der Waals surface area contributed by atoms with Crippen LogP contribution in [-0.2, 0) is 6.42 Å². The van der Waals surface area contributed by atoms with Crippen LogP contribution in [0.15, 0.2) is 6.33 Å². The van der Waals surface area contributed by atoms with E-state index in [9.17, 15) is 0 Å². The molecule has 106 valence electrons.